The van der Waals surface area contributed by atoms with Crippen LogP contribution >= 0.6 is 11.3 Å². The first-order valence-corrected chi connectivity index (χ1v) is 10.2. The number of para-hydroxylation sites is 1. The normalized spacial score (nSPS) is 18.5. The van der Waals surface area contributed by atoms with E-state index in [0.717, 1.165) is 23.1 Å². The van der Waals surface area contributed by atoms with E-state index < -0.39 is 0 Å². The standard InChI is InChI=1S/C21H17N3O4S/c25-18(23-21-22-16-5-1-2-6-17(16)29-21)12-7-8-14-15(10-12)20(27)24(19(14)26)11-13-4-3-9-28-13/h1-2,5-8,10,13H,3-4,9,11H2,(H,22,23,25)/t13-/m0/s1. The Balaban J connectivity index is 1.36. The Morgan fingerprint density at radius 1 is 1.17 bits per heavy atom. The van der Waals surface area contributed by atoms with Gasteiger partial charge in [0.25, 0.3) is 17.7 Å². The van der Waals surface area contributed by atoms with Gasteiger partial charge in [-0.2, -0.15) is 0 Å². The van der Waals surface area contributed by atoms with Crippen molar-refractivity contribution in [2.24, 2.45) is 0 Å². The van der Waals surface area contributed by atoms with Gasteiger partial charge in [-0.15, -0.1) is 0 Å². The number of ether oxygens (including phenoxy) is 1. The lowest BCUT2D eigenvalue weighted by atomic mass is 10.1. The molecule has 0 bridgehead atoms. The molecule has 1 fully saturated rings. The molecule has 2 aromatic carbocycles. The first-order valence-electron chi connectivity index (χ1n) is 9.39. The summed E-state index contributed by atoms with van der Waals surface area (Å²) in [5.74, 6) is -1.08. The SMILES string of the molecule is O=C(Nc1nc2ccccc2s1)c1ccc2c(c1)C(=O)N(C[C@@H]1CCCO1)C2=O. The summed E-state index contributed by atoms with van der Waals surface area (Å²) < 4.78 is 6.52. The summed E-state index contributed by atoms with van der Waals surface area (Å²) in [4.78, 5) is 43.6. The largest absolute Gasteiger partial charge is 0.376 e. The number of fused-ring (bicyclic) bond motifs is 2. The van der Waals surface area contributed by atoms with Gasteiger partial charge in [-0.25, -0.2) is 4.98 Å². The van der Waals surface area contributed by atoms with Crippen LogP contribution in [0.2, 0.25) is 0 Å². The molecule has 7 nitrogen and oxygen atoms in total. The molecule has 1 aromatic heterocycles. The summed E-state index contributed by atoms with van der Waals surface area (Å²) in [6.07, 6.45) is 1.66. The molecule has 1 N–H and O–H groups in total. The monoisotopic (exact) mass is 407 g/mol. The van der Waals surface area contributed by atoms with Crippen LogP contribution in [0.15, 0.2) is 42.5 Å². The maximum atomic E-state index is 12.8. The summed E-state index contributed by atoms with van der Waals surface area (Å²) in [5, 5.41) is 3.26. The average Bonchev–Trinajstić information content (AvgIpc) is 3.43. The fraction of sp³-hybridized carbons (Fsp3) is 0.238. The van der Waals surface area contributed by atoms with E-state index in [1.165, 1.54) is 22.3 Å². The fourth-order valence-electron chi connectivity index (χ4n) is 3.68. The zero-order valence-electron chi connectivity index (χ0n) is 15.4. The van der Waals surface area contributed by atoms with E-state index in [2.05, 4.69) is 10.3 Å². The number of thiazole rings is 1. The van der Waals surface area contributed by atoms with Gasteiger partial charge in [0, 0.05) is 12.2 Å². The second-order valence-corrected chi connectivity index (χ2v) is 8.09. The minimum Gasteiger partial charge on any atom is -0.376 e. The van der Waals surface area contributed by atoms with Crippen LogP contribution < -0.4 is 5.32 Å². The molecule has 5 rings (SSSR count). The first-order chi connectivity index (χ1) is 14.1. The molecule has 2 aliphatic rings. The highest BCUT2D eigenvalue weighted by molar-refractivity contribution is 7.22. The number of benzene rings is 2. The van der Waals surface area contributed by atoms with E-state index in [1.54, 1.807) is 12.1 Å². The maximum absolute atomic E-state index is 12.8. The molecule has 2 aliphatic heterocycles. The van der Waals surface area contributed by atoms with Gasteiger partial charge in [-0.1, -0.05) is 23.5 Å². The number of rotatable bonds is 4. The van der Waals surface area contributed by atoms with Crippen LogP contribution in [0, 0.1) is 0 Å². The number of nitrogens with zero attached hydrogens (tertiary/aromatic N) is 2. The summed E-state index contributed by atoms with van der Waals surface area (Å²) in [6.45, 7) is 0.906. The summed E-state index contributed by atoms with van der Waals surface area (Å²) in [6, 6.07) is 12.2. The molecule has 146 valence electrons. The molecule has 0 radical (unpaired) electrons. The van der Waals surface area contributed by atoms with Crippen LogP contribution in [0.3, 0.4) is 0 Å². The topological polar surface area (TPSA) is 88.6 Å². The van der Waals surface area contributed by atoms with E-state index in [1.807, 2.05) is 24.3 Å². The Bertz CT molecular complexity index is 1120. The molecule has 3 heterocycles. The average molecular weight is 407 g/mol. The molecule has 8 heteroatoms. The van der Waals surface area contributed by atoms with Crippen molar-refractivity contribution < 1.29 is 19.1 Å². The van der Waals surface area contributed by atoms with Crippen LogP contribution in [-0.4, -0.2) is 46.9 Å². The second-order valence-electron chi connectivity index (χ2n) is 7.06. The molecule has 0 saturated carbocycles. The van der Waals surface area contributed by atoms with Crippen molar-refractivity contribution in [3.8, 4) is 0 Å². The number of anilines is 1. The maximum Gasteiger partial charge on any atom is 0.261 e. The van der Waals surface area contributed by atoms with Crippen molar-refractivity contribution in [1.29, 1.82) is 0 Å². The third kappa shape index (κ3) is 3.20. The Morgan fingerprint density at radius 2 is 2.00 bits per heavy atom. The zero-order chi connectivity index (χ0) is 20.0. The second kappa shape index (κ2) is 7.06. The molecule has 1 saturated heterocycles. The van der Waals surface area contributed by atoms with Gasteiger partial charge >= 0.3 is 0 Å². The molecular formula is C21H17N3O4S. The lowest BCUT2D eigenvalue weighted by Gasteiger charge is -2.17. The number of hydrogen-bond acceptors (Lipinski definition) is 6. The van der Waals surface area contributed by atoms with Gasteiger partial charge in [0.05, 0.1) is 34.0 Å². The van der Waals surface area contributed by atoms with E-state index in [-0.39, 0.29) is 35.9 Å². The highest BCUT2D eigenvalue weighted by atomic mass is 32.1. The third-order valence-corrected chi connectivity index (χ3v) is 6.11. The van der Waals surface area contributed by atoms with Crippen LogP contribution in [0.4, 0.5) is 5.13 Å². The Morgan fingerprint density at radius 3 is 2.79 bits per heavy atom. The Labute approximate surface area is 170 Å². The van der Waals surface area contributed by atoms with Gasteiger partial charge in [-0.05, 0) is 43.2 Å². The molecule has 3 aromatic rings. The van der Waals surface area contributed by atoms with E-state index in [0.29, 0.717) is 22.9 Å². The molecular weight excluding hydrogens is 390 g/mol. The minimum absolute atomic E-state index is 0.112. The van der Waals surface area contributed by atoms with Gasteiger partial charge in [0.15, 0.2) is 5.13 Å². The van der Waals surface area contributed by atoms with E-state index in [9.17, 15) is 14.4 Å². The van der Waals surface area contributed by atoms with Gasteiger partial charge in [-0.3, -0.25) is 24.6 Å². The van der Waals surface area contributed by atoms with Crippen LogP contribution in [0.5, 0.6) is 0 Å². The van der Waals surface area contributed by atoms with Crippen LogP contribution in [0.25, 0.3) is 10.2 Å². The Kier molecular flexibility index (Phi) is 4.37. The van der Waals surface area contributed by atoms with Crippen LogP contribution in [0.1, 0.15) is 43.9 Å². The molecule has 0 spiro atoms. The van der Waals surface area contributed by atoms with E-state index >= 15 is 0 Å². The molecule has 3 amide bonds. The first kappa shape index (κ1) is 18.0. The van der Waals surface area contributed by atoms with Crippen molar-refractivity contribution in [1.82, 2.24) is 9.88 Å². The van der Waals surface area contributed by atoms with Gasteiger partial charge in [0.2, 0.25) is 0 Å². The minimum atomic E-state index is -0.380. The van der Waals surface area contributed by atoms with Gasteiger partial charge in [0.1, 0.15) is 0 Å². The lowest BCUT2D eigenvalue weighted by Crippen LogP contribution is -2.36. The highest BCUT2D eigenvalue weighted by Gasteiger charge is 2.38. The summed E-state index contributed by atoms with van der Waals surface area (Å²) >= 11 is 1.38. The summed E-state index contributed by atoms with van der Waals surface area (Å²) in [7, 11) is 0. The third-order valence-electron chi connectivity index (χ3n) is 5.16. The van der Waals surface area contributed by atoms with Gasteiger partial charge < -0.3 is 4.74 Å². The lowest BCUT2D eigenvalue weighted by molar-refractivity contribution is 0.0475. The van der Waals surface area contributed by atoms with Crippen molar-refractivity contribution in [3.05, 3.63) is 59.2 Å². The predicted octanol–water partition coefficient (Wildman–Crippen LogP) is 3.32. The van der Waals surface area contributed by atoms with Crippen LogP contribution in [-0.2, 0) is 4.74 Å². The number of amides is 3. The smallest absolute Gasteiger partial charge is 0.261 e. The van der Waals surface area contributed by atoms with Crippen molar-refractivity contribution in [2.75, 3.05) is 18.5 Å². The number of carbonyl (C=O) groups excluding carboxylic acids is 3. The quantitative estimate of drug-likeness (QED) is 0.670. The zero-order valence-corrected chi connectivity index (χ0v) is 16.2. The Hall–Kier alpha value is -3.10. The molecule has 0 unspecified atom stereocenters. The predicted molar refractivity (Wildman–Crippen MR) is 108 cm³/mol. The van der Waals surface area contributed by atoms with Crippen molar-refractivity contribution in [3.63, 3.8) is 0 Å². The number of aromatic nitrogens is 1. The van der Waals surface area contributed by atoms with Crippen molar-refractivity contribution in [2.45, 2.75) is 18.9 Å². The van der Waals surface area contributed by atoms with E-state index in [4.69, 9.17) is 4.74 Å². The molecule has 0 aliphatic carbocycles. The highest BCUT2D eigenvalue weighted by Crippen LogP contribution is 2.28. The molecule has 29 heavy (non-hydrogen) atoms. The number of nitrogens with one attached hydrogen (secondary N) is 1. The number of hydrogen-bond donors (Lipinski definition) is 1. The summed E-state index contributed by atoms with van der Waals surface area (Å²) in [5.41, 5.74) is 1.70. The number of carbonyl (C=O) groups is 3. The van der Waals surface area contributed by atoms with Crippen molar-refractivity contribution >= 4 is 44.4 Å². The number of imide groups is 1. The molecule has 1 atom stereocenters. The fourth-order valence-corrected chi connectivity index (χ4v) is 4.55.